The molecule has 152 valence electrons. The number of aryl methyl sites for hydroxylation is 1. The molecule has 0 spiro atoms. The SMILES string of the molecule is O[C@@]1(CCNCCCCc2nc3ccccc3[nH]2)C[C@H]2CC[C@@H]1c1ccccc12. The zero-order valence-corrected chi connectivity index (χ0v) is 17.0. The summed E-state index contributed by atoms with van der Waals surface area (Å²) in [6.45, 7) is 1.90. The minimum atomic E-state index is -0.529. The van der Waals surface area contributed by atoms with Crippen LogP contribution in [0.4, 0.5) is 0 Å². The monoisotopic (exact) mass is 389 g/mol. The molecule has 1 saturated carbocycles. The van der Waals surface area contributed by atoms with Gasteiger partial charge in [-0.05, 0) is 80.8 Å². The second-order valence-corrected chi connectivity index (χ2v) is 8.92. The first kappa shape index (κ1) is 18.8. The maximum Gasteiger partial charge on any atom is 0.107 e. The van der Waals surface area contributed by atoms with E-state index >= 15 is 0 Å². The Balaban J connectivity index is 1.06. The molecule has 0 aliphatic heterocycles. The normalized spacial score (nSPS) is 25.4. The van der Waals surface area contributed by atoms with Crippen LogP contribution in [0.1, 0.15) is 67.3 Å². The predicted molar refractivity (Wildman–Crippen MR) is 117 cm³/mol. The van der Waals surface area contributed by atoms with Gasteiger partial charge < -0.3 is 15.4 Å². The van der Waals surface area contributed by atoms with Gasteiger partial charge >= 0.3 is 0 Å². The summed E-state index contributed by atoms with van der Waals surface area (Å²) in [6.07, 6.45) is 7.39. The number of para-hydroxylation sites is 2. The van der Waals surface area contributed by atoms with Crippen LogP contribution in [0.25, 0.3) is 11.0 Å². The van der Waals surface area contributed by atoms with Crippen molar-refractivity contribution >= 4 is 11.0 Å². The Hall–Kier alpha value is -2.17. The Morgan fingerprint density at radius 1 is 1.00 bits per heavy atom. The van der Waals surface area contributed by atoms with E-state index in [-0.39, 0.29) is 0 Å². The van der Waals surface area contributed by atoms with Crippen molar-refractivity contribution in [1.29, 1.82) is 0 Å². The van der Waals surface area contributed by atoms with Gasteiger partial charge in [0.05, 0.1) is 16.6 Å². The molecule has 3 atom stereocenters. The molecule has 2 aromatic carbocycles. The van der Waals surface area contributed by atoms with Crippen LogP contribution in [0.2, 0.25) is 0 Å². The van der Waals surface area contributed by atoms with Gasteiger partial charge in [0, 0.05) is 12.3 Å². The molecule has 3 aliphatic carbocycles. The Morgan fingerprint density at radius 3 is 2.72 bits per heavy atom. The van der Waals surface area contributed by atoms with Gasteiger partial charge in [-0.1, -0.05) is 36.4 Å². The summed E-state index contributed by atoms with van der Waals surface area (Å²) in [5, 5.41) is 14.9. The smallest absolute Gasteiger partial charge is 0.107 e. The van der Waals surface area contributed by atoms with E-state index in [1.54, 1.807) is 0 Å². The molecule has 0 amide bonds. The third-order valence-electron chi connectivity index (χ3n) is 7.05. The van der Waals surface area contributed by atoms with Crippen LogP contribution in [-0.2, 0) is 6.42 Å². The first-order valence-electron chi connectivity index (χ1n) is 11.2. The van der Waals surface area contributed by atoms with Crippen molar-refractivity contribution in [3.63, 3.8) is 0 Å². The number of imidazole rings is 1. The predicted octanol–water partition coefficient (Wildman–Crippen LogP) is 4.66. The lowest BCUT2D eigenvalue weighted by Crippen LogP contribution is -2.47. The third kappa shape index (κ3) is 3.72. The number of benzene rings is 2. The van der Waals surface area contributed by atoms with Crippen molar-refractivity contribution in [3.8, 4) is 0 Å². The Morgan fingerprint density at radius 2 is 1.83 bits per heavy atom. The van der Waals surface area contributed by atoms with Crippen molar-refractivity contribution in [2.45, 2.75) is 62.4 Å². The lowest BCUT2D eigenvalue weighted by molar-refractivity contribution is -0.0399. The highest BCUT2D eigenvalue weighted by atomic mass is 16.3. The zero-order chi connectivity index (χ0) is 19.7. The van der Waals surface area contributed by atoms with Crippen LogP contribution in [0.5, 0.6) is 0 Å². The second-order valence-electron chi connectivity index (χ2n) is 8.92. The molecular formula is C25H31N3O. The number of rotatable bonds is 8. The lowest BCUT2D eigenvalue weighted by atomic mass is 9.58. The summed E-state index contributed by atoms with van der Waals surface area (Å²) in [7, 11) is 0. The second kappa shape index (κ2) is 7.92. The van der Waals surface area contributed by atoms with E-state index in [9.17, 15) is 5.11 Å². The fraction of sp³-hybridized carbons (Fsp3) is 0.480. The van der Waals surface area contributed by atoms with Crippen molar-refractivity contribution in [2.24, 2.45) is 0 Å². The molecule has 0 radical (unpaired) electrons. The molecule has 1 heterocycles. The van der Waals surface area contributed by atoms with Crippen LogP contribution in [-0.4, -0.2) is 33.8 Å². The molecule has 1 aromatic heterocycles. The Labute approximate surface area is 172 Å². The number of aliphatic hydroxyl groups is 1. The largest absolute Gasteiger partial charge is 0.389 e. The fourth-order valence-corrected chi connectivity index (χ4v) is 5.59. The molecule has 0 saturated heterocycles. The van der Waals surface area contributed by atoms with Gasteiger partial charge in [0.25, 0.3) is 0 Å². The van der Waals surface area contributed by atoms with Crippen molar-refractivity contribution in [2.75, 3.05) is 13.1 Å². The minimum Gasteiger partial charge on any atom is -0.389 e. The fourth-order valence-electron chi connectivity index (χ4n) is 5.59. The summed E-state index contributed by atoms with van der Waals surface area (Å²) in [5.74, 6) is 1.95. The molecule has 3 aliphatic rings. The number of fused-ring (bicyclic) bond motifs is 3. The van der Waals surface area contributed by atoms with E-state index in [4.69, 9.17) is 0 Å². The maximum absolute atomic E-state index is 11.4. The van der Waals surface area contributed by atoms with Gasteiger partial charge in [-0.15, -0.1) is 0 Å². The number of aromatic nitrogens is 2. The topological polar surface area (TPSA) is 60.9 Å². The molecule has 6 rings (SSSR count). The lowest BCUT2D eigenvalue weighted by Gasteiger charge is -2.50. The quantitative estimate of drug-likeness (QED) is 0.491. The number of hydrogen-bond donors (Lipinski definition) is 3. The molecule has 0 unspecified atom stereocenters. The first-order valence-corrected chi connectivity index (χ1v) is 11.2. The van der Waals surface area contributed by atoms with Gasteiger partial charge in [0.2, 0.25) is 0 Å². The standard InChI is InChI=1S/C25H31N3O/c29-25(17-18-12-13-21(25)20-8-2-1-7-19(18)20)14-16-26-15-6-5-11-24-27-22-9-3-4-10-23(22)28-24/h1-4,7-10,18,21,26,29H,5-6,11-17H2,(H,27,28)/t18-,21-,25+/m1/s1. The van der Waals surface area contributed by atoms with Crippen molar-refractivity contribution in [3.05, 3.63) is 65.5 Å². The van der Waals surface area contributed by atoms with Crippen LogP contribution < -0.4 is 5.32 Å². The van der Waals surface area contributed by atoms with Gasteiger partial charge in [0.15, 0.2) is 0 Å². The summed E-state index contributed by atoms with van der Waals surface area (Å²) in [5.41, 5.74) is 4.54. The van der Waals surface area contributed by atoms with E-state index in [0.29, 0.717) is 11.8 Å². The molecule has 29 heavy (non-hydrogen) atoms. The number of hydrogen-bond acceptors (Lipinski definition) is 3. The van der Waals surface area contributed by atoms with Crippen molar-refractivity contribution in [1.82, 2.24) is 15.3 Å². The molecule has 3 aromatic rings. The minimum absolute atomic E-state index is 0.318. The summed E-state index contributed by atoms with van der Waals surface area (Å²) in [4.78, 5) is 8.05. The van der Waals surface area contributed by atoms with Crippen LogP contribution in [0, 0.1) is 0 Å². The molecule has 1 fully saturated rings. The van der Waals surface area contributed by atoms with Gasteiger partial charge in [0.1, 0.15) is 5.82 Å². The van der Waals surface area contributed by atoms with Gasteiger partial charge in [-0.2, -0.15) is 0 Å². The molecule has 3 N–H and O–H groups in total. The average molecular weight is 390 g/mol. The number of nitrogens with zero attached hydrogens (tertiary/aromatic N) is 1. The third-order valence-corrected chi connectivity index (χ3v) is 7.05. The highest BCUT2D eigenvalue weighted by molar-refractivity contribution is 5.74. The van der Waals surface area contributed by atoms with Crippen LogP contribution in [0.15, 0.2) is 48.5 Å². The molecule has 4 heteroatoms. The summed E-state index contributed by atoms with van der Waals surface area (Å²) < 4.78 is 0. The van der Waals surface area contributed by atoms with Crippen LogP contribution >= 0.6 is 0 Å². The summed E-state index contributed by atoms with van der Waals surface area (Å²) >= 11 is 0. The number of H-pyrrole nitrogens is 1. The molecule has 4 nitrogen and oxygen atoms in total. The van der Waals surface area contributed by atoms with Gasteiger partial charge in [-0.3, -0.25) is 0 Å². The zero-order valence-electron chi connectivity index (χ0n) is 17.0. The average Bonchev–Trinajstić information content (AvgIpc) is 3.16. The highest BCUT2D eigenvalue weighted by Crippen LogP contribution is 2.55. The number of aromatic amines is 1. The Kier molecular flexibility index (Phi) is 5.15. The van der Waals surface area contributed by atoms with Crippen molar-refractivity contribution < 1.29 is 5.11 Å². The van der Waals surface area contributed by atoms with Crippen LogP contribution in [0.3, 0.4) is 0 Å². The first-order chi connectivity index (χ1) is 14.2. The number of unbranched alkanes of at least 4 members (excludes halogenated alkanes) is 1. The van der Waals surface area contributed by atoms with E-state index in [1.165, 1.54) is 17.5 Å². The van der Waals surface area contributed by atoms with E-state index < -0.39 is 5.60 Å². The summed E-state index contributed by atoms with van der Waals surface area (Å²) in [6, 6.07) is 17.0. The number of nitrogens with one attached hydrogen (secondary N) is 2. The van der Waals surface area contributed by atoms with E-state index in [1.807, 2.05) is 12.1 Å². The highest BCUT2D eigenvalue weighted by Gasteiger charge is 2.48. The Bertz CT molecular complexity index is 948. The van der Waals surface area contributed by atoms with E-state index in [0.717, 1.165) is 68.5 Å². The molecular weight excluding hydrogens is 358 g/mol. The molecule has 2 bridgehead atoms. The van der Waals surface area contributed by atoms with Gasteiger partial charge in [-0.25, -0.2) is 4.98 Å². The van der Waals surface area contributed by atoms with E-state index in [2.05, 4.69) is 51.7 Å². The maximum atomic E-state index is 11.4.